The Hall–Kier alpha value is -1.45. The molecule has 0 amide bonds. The number of nitrogens with zero attached hydrogens (tertiary/aromatic N) is 2. The molecule has 1 aliphatic rings. The number of hydrogen-bond acceptors (Lipinski definition) is 3. The maximum Gasteiger partial charge on any atom is 0.354 e. The van der Waals surface area contributed by atoms with Crippen molar-refractivity contribution in [2.24, 2.45) is 5.92 Å². The molecule has 1 aliphatic carbocycles. The Morgan fingerprint density at radius 3 is 2.82 bits per heavy atom. The van der Waals surface area contributed by atoms with Crippen molar-refractivity contribution in [1.82, 2.24) is 9.97 Å². The van der Waals surface area contributed by atoms with Crippen molar-refractivity contribution in [3.05, 3.63) is 23.3 Å². The van der Waals surface area contributed by atoms with Gasteiger partial charge in [-0.3, -0.25) is 0 Å². The molecule has 17 heavy (non-hydrogen) atoms. The van der Waals surface area contributed by atoms with Crippen LogP contribution in [-0.2, 0) is 0 Å². The van der Waals surface area contributed by atoms with Gasteiger partial charge in [0.25, 0.3) is 0 Å². The van der Waals surface area contributed by atoms with Gasteiger partial charge in [0.15, 0.2) is 5.69 Å². The number of rotatable bonds is 3. The Bertz CT molecular complexity index is 431. The van der Waals surface area contributed by atoms with Gasteiger partial charge in [-0.1, -0.05) is 13.3 Å². The van der Waals surface area contributed by atoms with Crippen molar-refractivity contribution in [3.8, 4) is 0 Å². The van der Waals surface area contributed by atoms with Crippen molar-refractivity contribution < 1.29 is 9.90 Å². The Kier molecular flexibility index (Phi) is 3.41. The molecule has 1 aromatic rings. The van der Waals surface area contributed by atoms with Crippen LogP contribution < -0.4 is 0 Å². The molecule has 0 bridgehead atoms. The minimum atomic E-state index is -0.971. The first-order valence-electron chi connectivity index (χ1n) is 6.19. The highest BCUT2D eigenvalue weighted by Gasteiger charge is 2.27. The first-order valence-corrected chi connectivity index (χ1v) is 6.19. The first kappa shape index (κ1) is 12.0. The van der Waals surface area contributed by atoms with Gasteiger partial charge < -0.3 is 5.11 Å². The highest BCUT2D eigenvalue weighted by atomic mass is 16.4. The zero-order chi connectivity index (χ0) is 12.4. The third kappa shape index (κ3) is 2.62. The second-order valence-electron chi connectivity index (χ2n) is 4.84. The molecular weight excluding hydrogens is 216 g/mol. The summed E-state index contributed by atoms with van der Waals surface area (Å²) in [5, 5.41) is 8.98. The molecule has 1 N–H and O–H groups in total. The average Bonchev–Trinajstić information content (AvgIpc) is 2.76. The summed E-state index contributed by atoms with van der Waals surface area (Å²) < 4.78 is 0. The average molecular weight is 234 g/mol. The highest BCUT2D eigenvalue weighted by molar-refractivity contribution is 5.85. The summed E-state index contributed by atoms with van der Waals surface area (Å²) >= 11 is 0. The van der Waals surface area contributed by atoms with Crippen molar-refractivity contribution in [2.45, 2.75) is 45.4 Å². The molecule has 2 rings (SSSR count). The number of carboxylic acids is 1. The van der Waals surface area contributed by atoms with Crippen LogP contribution in [0.5, 0.6) is 0 Å². The Labute approximate surface area is 101 Å². The van der Waals surface area contributed by atoms with E-state index < -0.39 is 5.97 Å². The zero-order valence-corrected chi connectivity index (χ0v) is 10.3. The third-order valence-electron chi connectivity index (χ3n) is 3.57. The van der Waals surface area contributed by atoms with E-state index in [2.05, 4.69) is 16.9 Å². The molecule has 92 valence electrons. The normalized spacial score (nSPS) is 23.9. The van der Waals surface area contributed by atoms with Gasteiger partial charge >= 0.3 is 5.97 Å². The van der Waals surface area contributed by atoms with Gasteiger partial charge in [0.05, 0.1) is 0 Å². The second-order valence-corrected chi connectivity index (χ2v) is 4.84. The van der Waals surface area contributed by atoms with Gasteiger partial charge in [0.2, 0.25) is 0 Å². The van der Waals surface area contributed by atoms with Crippen LogP contribution >= 0.6 is 0 Å². The number of carbonyl (C=O) groups is 1. The molecule has 2 unspecified atom stereocenters. The molecule has 0 radical (unpaired) electrons. The van der Waals surface area contributed by atoms with Gasteiger partial charge in [0.1, 0.15) is 5.82 Å². The summed E-state index contributed by atoms with van der Waals surface area (Å²) in [4.78, 5) is 19.5. The monoisotopic (exact) mass is 234 g/mol. The quantitative estimate of drug-likeness (QED) is 0.873. The van der Waals surface area contributed by atoms with E-state index in [9.17, 15) is 4.79 Å². The van der Waals surface area contributed by atoms with E-state index >= 15 is 0 Å². The molecule has 1 aromatic heterocycles. The summed E-state index contributed by atoms with van der Waals surface area (Å²) in [5.74, 6) is 0.843. The lowest BCUT2D eigenvalue weighted by Crippen LogP contribution is -2.09. The van der Waals surface area contributed by atoms with Crippen molar-refractivity contribution >= 4 is 5.97 Å². The van der Waals surface area contributed by atoms with Gasteiger partial charge in [-0.15, -0.1) is 0 Å². The minimum Gasteiger partial charge on any atom is -0.477 e. The highest BCUT2D eigenvalue weighted by Crippen LogP contribution is 2.38. The largest absolute Gasteiger partial charge is 0.477 e. The van der Waals surface area contributed by atoms with E-state index in [0.29, 0.717) is 5.92 Å². The maximum absolute atomic E-state index is 11.0. The summed E-state index contributed by atoms with van der Waals surface area (Å²) in [7, 11) is 0. The fraction of sp³-hybridized carbons (Fsp3) is 0.615. The summed E-state index contributed by atoms with van der Waals surface area (Å²) in [6.45, 7) is 4.02. The number of aromatic carboxylic acids is 1. The smallest absolute Gasteiger partial charge is 0.354 e. The molecule has 0 aliphatic heterocycles. The lowest BCUT2D eigenvalue weighted by atomic mass is 10.0. The van der Waals surface area contributed by atoms with Gasteiger partial charge in [0, 0.05) is 11.6 Å². The zero-order valence-electron chi connectivity index (χ0n) is 10.3. The molecule has 1 saturated carbocycles. The molecule has 4 nitrogen and oxygen atoms in total. The maximum atomic E-state index is 11.0. The van der Waals surface area contributed by atoms with E-state index in [1.807, 2.05) is 6.92 Å². The van der Waals surface area contributed by atoms with Gasteiger partial charge in [-0.25, -0.2) is 14.8 Å². The molecule has 0 saturated heterocycles. The van der Waals surface area contributed by atoms with E-state index in [1.54, 1.807) is 0 Å². The van der Waals surface area contributed by atoms with Crippen molar-refractivity contribution in [1.29, 1.82) is 0 Å². The van der Waals surface area contributed by atoms with Crippen LogP contribution in [0.25, 0.3) is 0 Å². The molecule has 0 aromatic carbocycles. The fourth-order valence-electron chi connectivity index (χ4n) is 2.56. The minimum absolute atomic E-state index is 0.118. The van der Waals surface area contributed by atoms with Crippen LogP contribution in [0.2, 0.25) is 0 Å². The fourth-order valence-corrected chi connectivity index (χ4v) is 2.56. The summed E-state index contributed by atoms with van der Waals surface area (Å²) in [5.41, 5.74) is 0.861. The van der Waals surface area contributed by atoms with Crippen LogP contribution in [0.15, 0.2) is 6.07 Å². The first-order chi connectivity index (χ1) is 8.10. The number of hydrogen-bond donors (Lipinski definition) is 1. The second kappa shape index (κ2) is 4.82. The molecule has 2 atom stereocenters. The Morgan fingerprint density at radius 2 is 2.24 bits per heavy atom. The predicted molar refractivity (Wildman–Crippen MR) is 64.1 cm³/mol. The van der Waals surface area contributed by atoms with Crippen LogP contribution in [0.4, 0.5) is 0 Å². The lowest BCUT2D eigenvalue weighted by Gasteiger charge is -2.10. The van der Waals surface area contributed by atoms with E-state index in [4.69, 9.17) is 5.11 Å². The van der Waals surface area contributed by atoms with Gasteiger partial charge in [-0.05, 0) is 38.2 Å². The molecule has 1 heterocycles. The van der Waals surface area contributed by atoms with Gasteiger partial charge in [-0.2, -0.15) is 0 Å². The van der Waals surface area contributed by atoms with E-state index in [1.165, 1.54) is 18.9 Å². The predicted octanol–water partition coefficient (Wildman–Crippen LogP) is 2.78. The SMILES string of the molecule is CCC1CCC(c2nc(C)cc(C(=O)O)n2)C1. The summed E-state index contributed by atoms with van der Waals surface area (Å²) in [6, 6.07) is 1.53. The molecule has 1 fully saturated rings. The van der Waals surface area contributed by atoms with E-state index in [0.717, 1.165) is 30.3 Å². The Morgan fingerprint density at radius 1 is 1.47 bits per heavy atom. The standard InChI is InChI=1S/C13H18N2O2/c1-3-9-4-5-10(7-9)12-14-8(2)6-11(15-12)13(16)17/h6,9-10H,3-5,7H2,1-2H3,(H,16,17). The number of aromatic nitrogens is 2. The van der Waals surface area contributed by atoms with Crippen LogP contribution in [0.3, 0.4) is 0 Å². The third-order valence-corrected chi connectivity index (χ3v) is 3.57. The van der Waals surface area contributed by atoms with Crippen LogP contribution in [0.1, 0.15) is 60.5 Å². The lowest BCUT2D eigenvalue weighted by molar-refractivity contribution is 0.0689. The summed E-state index contributed by atoms with van der Waals surface area (Å²) in [6.07, 6.45) is 4.58. The Balaban J connectivity index is 2.24. The number of aryl methyl sites for hydroxylation is 1. The van der Waals surface area contributed by atoms with Crippen molar-refractivity contribution in [2.75, 3.05) is 0 Å². The molecule has 4 heteroatoms. The van der Waals surface area contributed by atoms with E-state index in [-0.39, 0.29) is 5.69 Å². The topological polar surface area (TPSA) is 63.1 Å². The van der Waals surface area contributed by atoms with Crippen LogP contribution in [0, 0.1) is 12.8 Å². The molecular formula is C13H18N2O2. The number of carboxylic acid groups (broad SMARTS) is 1. The van der Waals surface area contributed by atoms with Crippen LogP contribution in [-0.4, -0.2) is 21.0 Å². The van der Waals surface area contributed by atoms with Crippen molar-refractivity contribution in [3.63, 3.8) is 0 Å². The molecule has 0 spiro atoms.